The van der Waals surface area contributed by atoms with Gasteiger partial charge >= 0.3 is 0 Å². The van der Waals surface area contributed by atoms with Crippen molar-refractivity contribution in [1.82, 2.24) is 5.32 Å². The molecule has 1 aromatic rings. The van der Waals surface area contributed by atoms with Crippen LogP contribution >= 0.6 is 0 Å². The van der Waals surface area contributed by atoms with Crippen LogP contribution in [-0.2, 0) is 20.7 Å². The number of carbonyl (C=O) groups excluding carboxylic acids is 1. The van der Waals surface area contributed by atoms with Gasteiger partial charge in [-0.1, -0.05) is 29.8 Å². The van der Waals surface area contributed by atoms with Crippen molar-refractivity contribution < 1.29 is 14.3 Å². The van der Waals surface area contributed by atoms with Crippen LogP contribution < -0.4 is 5.32 Å². The summed E-state index contributed by atoms with van der Waals surface area (Å²) < 4.78 is 9.70. The lowest BCUT2D eigenvalue weighted by atomic mass is 10.1. The highest BCUT2D eigenvalue weighted by molar-refractivity contribution is 5.21. The zero-order chi connectivity index (χ0) is 14.9. The fourth-order valence-electron chi connectivity index (χ4n) is 1.18. The summed E-state index contributed by atoms with van der Waals surface area (Å²) in [5.74, 6) is 0. The maximum absolute atomic E-state index is 8.00. The minimum atomic E-state index is 0.802. The molecule has 0 aliphatic rings. The standard InChI is InChI=1S/C10H14O.C4H11NO.CH2O/c1-9-3-5-10(6-4-9)7-8-11-2;1-5-3-4-6-2;1-2/h3-6H,7-8H2,1-2H3;5H,3-4H2,1-2H3;1H2. The van der Waals surface area contributed by atoms with Gasteiger partial charge in [0.05, 0.1) is 13.2 Å². The lowest BCUT2D eigenvalue weighted by Crippen LogP contribution is -2.12. The van der Waals surface area contributed by atoms with Gasteiger partial charge in [-0.2, -0.15) is 0 Å². The second-order valence-corrected chi connectivity index (χ2v) is 3.82. The van der Waals surface area contributed by atoms with Gasteiger partial charge < -0.3 is 19.6 Å². The molecular formula is C15H27NO3. The summed E-state index contributed by atoms with van der Waals surface area (Å²) in [6, 6.07) is 8.55. The Morgan fingerprint density at radius 3 is 1.95 bits per heavy atom. The molecule has 0 atom stereocenters. The number of hydrogen-bond donors (Lipinski definition) is 1. The van der Waals surface area contributed by atoms with E-state index in [0.717, 1.165) is 26.2 Å². The van der Waals surface area contributed by atoms with Crippen molar-refractivity contribution in [2.24, 2.45) is 0 Å². The molecule has 110 valence electrons. The fraction of sp³-hybridized carbons (Fsp3) is 0.533. The first kappa shape index (κ1) is 20.1. The van der Waals surface area contributed by atoms with Crippen molar-refractivity contribution in [2.75, 3.05) is 41.0 Å². The maximum atomic E-state index is 8.00. The molecule has 1 N–H and O–H groups in total. The highest BCUT2D eigenvalue weighted by Crippen LogP contribution is 2.03. The van der Waals surface area contributed by atoms with E-state index in [1.807, 2.05) is 13.8 Å². The molecule has 0 amide bonds. The van der Waals surface area contributed by atoms with Gasteiger partial charge in [0, 0.05) is 20.8 Å². The Kier molecular flexibility index (Phi) is 17.7. The number of hydrogen-bond acceptors (Lipinski definition) is 4. The van der Waals surface area contributed by atoms with E-state index in [-0.39, 0.29) is 0 Å². The second kappa shape index (κ2) is 16.8. The van der Waals surface area contributed by atoms with E-state index < -0.39 is 0 Å². The van der Waals surface area contributed by atoms with Gasteiger partial charge in [0.2, 0.25) is 0 Å². The lowest BCUT2D eigenvalue weighted by molar-refractivity contribution is -0.0979. The molecule has 0 aromatic heterocycles. The molecule has 19 heavy (non-hydrogen) atoms. The van der Waals surface area contributed by atoms with Crippen LogP contribution in [-0.4, -0.2) is 47.8 Å². The highest BCUT2D eigenvalue weighted by atomic mass is 16.5. The van der Waals surface area contributed by atoms with E-state index in [9.17, 15) is 0 Å². The molecule has 0 saturated heterocycles. The van der Waals surface area contributed by atoms with Crippen molar-refractivity contribution in [2.45, 2.75) is 13.3 Å². The van der Waals surface area contributed by atoms with Crippen molar-refractivity contribution in [1.29, 1.82) is 0 Å². The van der Waals surface area contributed by atoms with Gasteiger partial charge in [0.1, 0.15) is 6.79 Å². The predicted molar refractivity (Wildman–Crippen MR) is 79.7 cm³/mol. The molecule has 1 rings (SSSR count). The Bertz CT molecular complexity index is 271. The van der Waals surface area contributed by atoms with E-state index in [1.165, 1.54) is 11.1 Å². The summed E-state index contributed by atoms with van der Waals surface area (Å²) in [6.45, 7) is 6.65. The summed E-state index contributed by atoms with van der Waals surface area (Å²) >= 11 is 0. The molecule has 0 aliphatic carbocycles. The van der Waals surface area contributed by atoms with Crippen LogP contribution in [0.25, 0.3) is 0 Å². The van der Waals surface area contributed by atoms with Gasteiger partial charge in [0.15, 0.2) is 0 Å². The summed E-state index contributed by atoms with van der Waals surface area (Å²) in [4.78, 5) is 8.00. The molecule has 0 fully saturated rings. The summed E-state index contributed by atoms with van der Waals surface area (Å²) in [5.41, 5.74) is 2.66. The van der Waals surface area contributed by atoms with Crippen LogP contribution in [0, 0.1) is 6.92 Å². The number of carbonyl (C=O) groups is 1. The fourth-order valence-corrected chi connectivity index (χ4v) is 1.18. The smallest absolute Gasteiger partial charge is 0.106 e. The molecule has 4 nitrogen and oxygen atoms in total. The predicted octanol–water partition coefficient (Wildman–Crippen LogP) is 1.85. The molecule has 1 aromatic carbocycles. The molecule has 4 heteroatoms. The Morgan fingerprint density at radius 1 is 1.05 bits per heavy atom. The SMILES string of the molecule is C=O.CNCCOC.COCCc1ccc(C)cc1. The molecule has 0 radical (unpaired) electrons. The van der Waals surface area contributed by atoms with Crippen LogP contribution in [0.2, 0.25) is 0 Å². The third-order valence-electron chi connectivity index (χ3n) is 2.27. The normalized spacial score (nSPS) is 8.84. The molecule has 0 unspecified atom stereocenters. The molecule has 0 spiro atoms. The first-order valence-corrected chi connectivity index (χ1v) is 6.21. The monoisotopic (exact) mass is 269 g/mol. The third-order valence-corrected chi connectivity index (χ3v) is 2.27. The van der Waals surface area contributed by atoms with Gasteiger partial charge in [-0.15, -0.1) is 0 Å². The maximum Gasteiger partial charge on any atom is 0.106 e. The van der Waals surface area contributed by atoms with E-state index in [0.29, 0.717) is 0 Å². The van der Waals surface area contributed by atoms with Crippen LogP contribution in [0.3, 0.4) is 0 Å². The zero-order valence-electron chi connectivity index (χ0n) is 12.6. The zero-order valence-corrected chi connectivity index (χ0v) is 12.6. The highest BCUT2D eigenvalue weighted by Gasteiger charge is 1.90. The Morgan fingerprint density at radius 2 is 1.58 bits per heavy atom. The Hall–Kier alpha value is -1.23. The van der Waals surface area contributed by atoms with Gasteiger partial charge in [-0.05, 0) is 26.0 Å². The first-order valence-electron chi connectivity index (χ1n) is 6.21. The van der Waals surface area contributed by atoms with Gasteiger partial charge in [-0.25, -0.2) is 0 Å². The van der Waals surface area contributed by atoms with E-state index in [2.05, 4.69) is 36.5 Å². The number of nitrogens with one attached hydrogen (secondary N) is 1. The van der Waals surface area contributed by atoms with E-state index in [1.54, 1.807) is 14.2 Å². The summed E-state index contributed by atoms with van der Waals surface area (Å²) in [5, 5.41) is 2.94. The summed E-state index contributed by atoms with van der Waals surface area (Å²) in [7, 11) is 5.32. The average molecular weight is 269 g/mol. The van der Waals surface area contributed by atoms with Crippen LogP contribution in [0.4, 0.5) is 0 Å². The van der Waals surface area contributed by atoms with Crippen molar-refractivity contribution >= 4 is 6.79 Å². The van der Waals surface area contributed by atoms with Crippen LogP contribution in [0.5, 0.6) is 0 Å². The lowest BCUT2D eigenvalue weighted by Gasteiger charge is -1.99. The number of benzene rings is 1. The molecule has 0 aliphatic heterocycles. The van der Waals surface area contributed by atoms with Crippen molar-refractivity contribution in [3.8, 4) is 0 Å². The minimum absolute atomic E-state index is 0.802. The third kappa shape index (κ3) is 14.7. The number of ether oxygens (including phenoxy) is 2. The average Bonchev–Trinajstić information content (AvgIpc) is 2.47. The van der Waals surface area contributed by atoms with Crippen LogP contribution in [0.1, 0.15) is 11.1 Å². The van der Waals surface area contributed by atoms with Crippen LogP contribution in [0.15, 0.2) is 24.3 Å². The molecular weight excluding hydrogens is 242 g/mol. The van der Waals surface area contributed by atoms with E-state index in [4.69, 9.17) is 14.3 Å². The van der Waals surface area contributed by atoms with Gasteiger partial charge in [-0.3, -0.25) is 0 Å². The number of likely N-dealkylation sites (N-methyl/N-ethyl adjacent to an activating group) is 1. The summed E-state index contributed by atoms with van der Waals surface area (Å²) in [6.07, 6.45) is 1.01. The van der Waals surface area contributed by atoms with Gasteiger partial charge in [0.25, 0.3) is 0 Å². The quantitative estimate of drug-likeness (QED) is 0.801. The second-order valence-electron chi connectivity index (χ2n) is 3.82. The topological polar surface area (TPSA) is 47.6 Å². The molecule has 0 saturated carbocycles. The molecule has 0 heterocycles. The number of methoxy groups -OCH3 is 2. The Labute approximate surface area is 117 Å². The van der Waals surface area contributed by atoms with Crippen molar-refractivity contribution in [3.63, 3.8) is 0 Å². The first-order chi connectivity index (χ1) is 9.24. The number of rotatable bonds is 6. The largest absolute Gasteiger partial charge is 0.384 e. The molecule has 0 bridgehead atoms. The van der Waals surface area contributed by atoms with E-state index >= 15 is 0 Å². The van der Waals surface area contributed by atoms with Crippen molar-refractivity contribution in [3.05, 3.63) is 35.4 Å². The minimum Gasteiger partial charge on any atom is -0.384 e. The Balaban J connectivity index is 0. The number of aryl methyl sites for hydroxylation is 1.